The fourth-order valence-electron chi connectivity index (χ4n) is 3.44. The highest BCUT2D eigenvalue weighted by molar-refractivity contribution is 6.36. The van der Waals surface area contributed by atoms with Crippen LogP contribution in [0, 0.1) is 6.92 Å². The van der Waals surface area contributed by atoms with E-state index in [1.165, 1.54) is 31.0 Å². The topological polar surface area (TPSA) is 86.2 Å². The second kappa shape index (κ2) is 13.0. The number of hydrogen-bond acceptors (Lipinski definition) is 6. The number of nitrogens with one attached hydrogen (secondary N) is 1. The molecule has 7 nitrogen and oxygen atoms in total. The number of methoxy groups -OCH3 is 1. The van der Waals surface area contributed by atoms with Crippen LogP contribution in [0.4, 0.5) is 0 Å². The van der Waals surface area contributed by atoms with Crippen LogP contribution >= 0.6 is 23.2 Å². The van der Waals surface area contributed by atoms with E-state index >= 15 is 0 Å². The Morgan fingerprint density at radius 2 is 1.64 bits per heavy atom. The molecule has 0 aliphatic heterocycles. The average molecular weight is 563 g/mol. The molecule has 4 aromatic carbocycles. The van der Waals surface area contributed by atoms with Crippen LogP contribution in [0.1, 0.15) is 37.4 Å². The van der Waals surface area contributed by atoms with E-state index in [0.717, 1.165) is 5.56 Å². The van der Waals surface area contributed by atoms with Gasteiger partial charge in [0.1, 0.15) is 12.4 Å². The summed E-state index contributed by atoms with van der Waals surface area (Å²) in [5.41, 5.74) is 5.94. The van der Waals surface area contributed by atoms with E-state index < -0.39 is 5.97 Å². The Morgan fingerprint density at radius 1 is 0.897 bits per heavy atom. The van der Waals surface area contributed by atoms with Crippen molar-refractivity contribution in [3.8, 4) is 17.2 Å². The predicted octanol–water partition coefficient (Wildman–Crippen LogP) is 6.87. The summed E-state index contributed by atoms with van der Waals surface area (Å²) in [7, 11) is 1.44. The first-order valence-corrected chi connectivity index (χ1v) is 12.5. The Balaban J connectivity index is 1.33. The molecule has 198 valence electrons. The molecule has 0 atom stereocenters. The van der Waals surface area contributed by atoms with E-state index in [0.29, 0.717) is 34.3 Å². The largest absolute Gasteiger partial charge is 0.493 e. The maximum atomic E-state index is 12.5. The first kappa shape index (κ1) is 27.7. The molecule has 0 bridgehead atoms. The van der Waals surface area contributed by atoms with Crippen molar-refractivity contribution in [2.45, 2.75) is 13.5 Å². The van der Waals surface area contributed by atoms with E-state index in [1.807, 2.05) is 31.2 Å². The number of ether oxygens (including phenoxy) is 3. The number of carbonyl (C=O) groups excluding carboxylic acids is 2. The lowest BCUT2D eigenvalue weighted by molar-refractivity contribution is 0.0729. The van der Waals surface area contributed by atoms with Crippen LogP contribution in [0.15, 0.2) is 90.0 Å². The van der Waals surface area contributed by atoms with Gasteiger partial charge in [-0.25, -0.2) is 10.2 Å². The van der Waals surface area contributed by atoms with Crippen molar-refractivity contribution in [3.63, 3.8) is 0 Å². The predicted molar refractivity (Wildman–Crippen MR) is 151 cm³/mol. The molecule has 0 unspecified atom stereocenters. The Hall–Kier alpha value is -4.33. The smallest absolute Gasteiger partial charge is 0.345 e. The number of benzene rings is 4. The van der Waals surface area contributed by atoms with Crippen LogP contribution in [0.5, 0.6) is 17.2 Å². The summed E-state index contributed by atoms with van der Waals surface area (Å²) in [6, 6.07) is 24.2. The van der Waals surface area contributed by atoms with Gasteiger partial charge in [0.25, 0.3) is 5.91 Å². The molecule has 4 rings (SSSR count). The zero-order chi connectivity index (χ0) is 27.8. The van der Waals surface area contributed by atoms with Gasteiger partial charge in [-0.1, -0.05) is 53.0 Å². The number of rotatable bonds is 9. The molecule has 39 heavy (non-hydrogen) atoms. The quantitative estimate of drug-likeness (QED) is 0.104. The van der Waals surface area contributed by atoms with Gasteiger partial charge in [0.2, 0.25) is 0 Å². The zero-order valence-corrected chi connectivity index (χ0v) is 22.6. The normalized spacial score (nSPS) is 10.8. The third kappa shape index (κ3) is 7.60. The van der Waals surface area contributed by atoms with Crippen LogP contribution in [-0.2, 0) is 6.61 Å². The van der Waals surface area contributed by atoms with E-state index in [4.69, 9.17) is 37.4 Å². The lowest BCUT2D eigenvalue weighted by Crippen LogP contribution is -2.17. The van der Waals surface area contributed by atoms with Gasteiger partial charge in [-0.15, -0.1) is 0 Å². The molecule has 0 spiro atoms. The molecule has 4 aromatic rings. The van der Waals surface area contributed by atoms with Crippen molar-refractivity contribution in [2.24, 2.45) is 5.10 Å². The highest BCUT2D eigenvalue weighted by atomic mass is 35.5. The number of hydrogen-bond donors (Lipinski definition) is 1. The monoisotopic (exact) mass is 562 g/mol. The van der Waals surface area contributed by atoms with Gasteiger partial charge in [-0.3, -0.25) is 4.79 Å². The maximum absolute atomic E-state index is 12.5. The van der Waals surface area contributed by atoms with Gasteiger partial charge in [0, 0.05) is 10.6 Å². The summed E-state index contributed by atoms with van der Waals surface area (Å²) < 4.78 is 16.6. The molecule has 0 fully saturated rings. The van der Waals surface area contributed by atoms with Crippen molar-refractivity contribution in [1.29, 1.82) is 0 Å². The van der Waals surface area contributed by atoms with Gasteiger partial charge in [-0.2, -0.15) is 5.10 Å². The van der Waals surface area contributed by atoms with Crippen molar-refractivity contribution in [3.05, 3.63) is 123 Å². The van der Waals surface area contributed by atoms with Gasteiger partial charge < -0.3 is 14.2 Å². The molecular formula is C30H24Cl2N2O5. The van der Waals surface area contributed by atoms with Crippen molar-refractivity contribution in [2.75, 3.05) is 7.11 Å². The summed E-state index contributed by atoms with van der Waals surface area (Å²) in [5, 5.41) is 4.59. The molecule has 0 heterocycles. The molecule has 0 radical (unpaired) electrons. The summed E-state index contributed by atoms with van der Waals surface area (Å²) in [5.74, 6) is 0.107. The average Bonchev–Trinajstić information content (AvgIpc) is 2.93. The number of esters is 1. The van der Waals surface area contributed by atoms with Gasteiger partial charge >= 0.3 is 5.97 Å². The van der Waals surface area contributed by atoms with E-state index in [2.05, 4.69) is 10.5 Å². The number of aryl methyl sites for hydroxylation is 1. The van der Waals surface area contributed by atoms with Crippen molar-refractivity contribution in [1.82, 2.24) is 5.43 Å². The van der Waals surface area contributed by atoms with Crippen LogP contribution in [-0.4, -0.2) is 25.2 Å². The minimum absolute atomic E-state index is 0.169. The first-order chi connectivity index (χ1) is 18.8. The highest BCUT2D eigenvalue weighted by Gasteiger charge is 2.16. The zero-order valence-electron chi connectivity index (χ0n) is 21.1. The minimum Gasteiger partial charge on any atom is -0.493 e. The molecule has 0 saturated heterocycles. The van der Waals surface area contributed by atoms with Crippen LogP contribution in [0.25, 0.3) is 0 Å². The molecule has 0 aliphatic rings. The SMILES string of the molecule is COc1cc(C=NNC(=O)c2ccc(OCc3ccc(C)cc3)cc2)ccc1OC(=O)c1ccc(Cl)cc1Cl. The lowest BCUT2D eigenvalue weighted by Gasteiger charge is -2.10. The number of halogens is 2. The fourth-order valence-corrected chi connectivity index (χ4v) is 3.93. The molecule has 1 amide bonds. The number of hydrazone groups is 1. The second-order valence-corrected chi connectivity index (χ2v) is 9.27. The van der Waals surface area contributed by atoms with Crippen molar-refractivity contribution >= 4 is 41.3 Å². The van der Waals surface area contributed by atoms with Gasteiger partial charge in [-0.05, 0) is 78.7 Å². The Bertz CT molecular complexity index is 1500. The van der Waals surface area contributed by atoms with Gasteiger partial charge in [0.05, 0.1) is 23.9 Å². The number of nitrogens with zero attached hydrogens (tertiary/aromatic N) is 1. The van der Waals surface area contributed by atoms with Crippen LogP contribution in [0.3, 0.4) is 0 Å². The van der Waals surface area contributed by atoms with Crippen molar-refractivity contribution < 1.29 is 23.8 Å². The summed E-state index contributed by atoms with van der Waals surface area (Å²) in [4.78, 5) is 25.0. The Kier molecular flexibility index (Phi) is 9.20. The highest BCUT2D eigenvalue weighted by Crippen LogP contribution is 2.30. The lowest BCUT2D eigenvalue weighted by atomic mass is 10.2. The Labute approximate surface area is 235 Å². The van der Waals surface area contributed by atoms with Crippen LogP contribution in [0.2, 0.25) is 10.0 Å². The number of carbonyl (C=O) groups is 2. The first-order valence-electron chi connectivity index (χ1n) is 11.8. The molecule has 0 aliphatic carbocycles. The maximum Gasteiger partial charge on any atom is 0.345 e. The summed E-state index contributed by atoms with van der Waals surface area (Å²) in [6.45, 7) is 2.47. The van der Waals surface area contributed by atoms with Gasteiger partial charge in [0.15, 0.2) is 11.5 Å². The molecular weight excluding hydrogens is 539 g/mol. The van der Waals surface area contributed by atoms with Crippen LogP contribution < -0.4 is 19.6 Å². The summed E-state index contributed by atoms with van der Waals surface area (Å²) >= 11 is 12.0. The summed E-state index contributed by atoms with van der Waals surface area (Å²) in [6.07, 6.45) is 1.45. The fraction of sp³-hybridized carbons (Fsp3) is 0.100. The third-order valence-electron chi connectivity index (χ3n) is 5.56. The molecule has 9 heteroatoms. The molecule has 0 aromatic heterocycles. The molecule has 0 saturated carbocycles. The van der Waals surface area contributed by atoms with E-state index in [1.54, 1.807) is 48.5 Å². The minimum atomic E-state index is -0.657. The van der Waals surface area contributed by atoms with E-state index in [-0.39, 0.29) is 22.2 Å². The Morgan fingerprint density at radius 3 is 2.33 bits per heavy atom. The standard InChI is InChI=1S/C30H24Cl2N2O5/c1-19-3-5-20(6-4-19)18-38-24-11-8-22(9-12-24)29(35)34-33-17-21-7-14-27(28(15-21)37-2)39-30(36)25-13-10-23(31)16-26(25)32/h3-17H,18H2,1-2H3,(H,34,35). The molecule has 1 N–H and O–H groups in total. The number of amides is 1. The second-order valence-electron chi connectivity index (χ2n) is 8.42. The van der Waals surface area contributed by atoms with E-state index in [9.17, 15) is 9.59 Å². The third-order valence-corrected chi connectivity index (χ3v) is 6.11.